The van der Waals surface area contributed by atoms with Crippen LogP contribution in [-0.4, -0.2) is 19.2 Å². The first kappa shape index (κ1) is 16.6. The molecule has 1 aromatic heterocycles. The summed E-state index contributed by atoms with van der Waals surface area (Å²) >= 11 is 1.55. The molecule has 0 aliphatic rings. The predicted molar refractivity (Wildman–Crippen MR) is 81.1 cm³/mol. The Balaban J connectivity index is 2.78. The van der Waals surface area contributed by atoms with Gasteiger partial charge in [-0.25, -0.2) is 18.1 Å². The Morgan fingerprint density at radius 3 is 2.37 bits per heavy atom. The first-order valence-corrected chi connectivity index (χ1v) is 9.11. The molecule has 1 N–H and O–H groups in total. The zero-order chi connectivity index (χ0) is 14.7. The van der Waals surface area contributed by atoms with Crippen LogP contribution in [0, 0.1) is 13.8 Å². The number of nitrogens with zero attached hydrogens (tertiary/aromatic N) is 1. The van der Waals surface area contributed by atoms with Crippen LogP contribution in [0.25, 0.3) is 0 Å². The number of sulfonamides is 1. The van der Waals surface area contributed by atoms with Crippen LogP contribution in [-0.2, 0) is 15.6 Å². The minimum absolute atomic E-state index is 0.188. The summed E-state index contributed by atoms with van der Waals surface area (Å²) in [7, 11) is -3.25. The quantitative estimate of drug-likeness (QED) is 0.787. The lowest BCUT2D eigenvalue weighted by Crippen LogP contribution is -2.42. The summed E-state index contributed by atoms with van der Waals surface area (Å²) in [6.45, 7) is 9.73. The second kappa shape index (κ2) is 6.33. The maximum Gasteiger partial charge on any atom is 0.212 e. The molecule has 0 saturated carbocycles. The summed E-state index contributed by atoms with van der Waals surface area (Å²) in [5, 5.41) is 0.821. The number of thiazole rings is 1. The largest absolute Gasteiger partial charge is 0.244 e. The molecule has 0 amide bonds. The third kappa shape index (κ3) is 4.85. The van der Waals surface area contributed by atoms with E-state index in [1.165, 1.54) is 0 Å². The number of unbranched alkanes of at least 4 members (excludes halogenated alkanes) is 2. The normalized spacial score (nSPS) is 12.9. The van der Waals surface area contributed by atoms with Gasteiger partial charge in [0.15, 0.2) is 0 Å². The van der Waals surface area contributed by atoms with Crippen molar-refractivity contribution in [2.24, 2.45) is 0 Å². The van der Waals surface area contributed by atoms with Gasteiger partial charge in [0.25, 0.3) is 0 Å². The number of hydrogen-bond acceptors (Lipinski definition) is 4. The first-order valence-electron chi connectivity index (χ1n) is 6.64. The van der Waals surface area contributed by atoms with E-state index in [0.717, 1.165) is 28.4 Å². The highest BCUT2D eigenvalue weighted by Crippen LogP contribution is 2.27. The molecule has 0 aliphatic carbocycles. The number of rotatable bonds is 7. The Morgan fingerprint density at radius 1 is 1.26 bits per heavy atom. The number of aryl methyl sites for hydroxylation is 2. The molecule has 0 radical (unpaired) electrons. The summed E-state index contributed by atoms with van der Waals surface area (Å²) in [4.78, 5) is 5.59. The highest BCUT2D eigenvalue weighted by atomic mass is 32.2. The molecule has 0 atom stereocenters. The molecule has 1 aromatic rings. The fourth-order valence-corrected chi connectivity index (χ4v) is 4.36. The second-order valence-corrected chi connectivity index (χ2v) is 8.46. The van der Waals surface area contributed by atoms with Gasteiger partial charge in [-0.05, 0) is 34.1 Å². The molecule has 4 nitrogen and oxygen atoms in total. The van der Waals surface area contributed by atoms with Crippen molar-refractivity contribution >= 4 is 21.4 Å². The SMILES string of the molecule is CCCCCS(=O)(=O)NC(C)(C)c1nc(C)c(C)s1. The molecule has 0 unspecified atom stereocenters. The molecular formula is C13H24N2O2S2. The lowest BCUT2D eigenvalue weighted by molar-refractivity contribution is 0.468. The fraction of sp³-hybridized carbons (Fsp3) is 0.769. The van der Waals surface area contributed by atoms with Gasteiger partial charge in [-0.1, -0.05) is 19.8 Å². The maximum atomic E-state index is 12.1. The van der Waals surface area contributed by atoms with Crippen LogP contribution in [0.4, 0.5) is 0 Å². The third-order valence-electron chi connectivity index (χ3n) is 2.99. The van der Waals surface area contributed by atoms with Crippen LogP contribution in [0.3, 0.4) is 0 Å². The zero-order valence-electron chi connectivity index (χ0n) is 12.4. The van der Waals surface area contributed by atoms with E-state index >= 15 is 0 Å². The van der Waals surface area contributed by atoms with Gasteiger partial charge in [0.1, 0.15) is 5.01 Å². The predicted octanol–water partition coefficient (Wildman–Crippen LogP) is 3.10. The van der Waals surface area contributed by atoms with Gasteiger partial charge in [-0.2, -0.15) is 0 Å². The topological polar surface area (TPSA) is 59.1 Å². The van der Waals surface area contributed by atoms with Crippen molar-refractivity contribution in [1.82, 2.24) is 9.71 Å². The maximum absolute atomic E-state index is 12.1. The Labute approximate surface area is 120 Å². The second-order valence-electron chi connectivity index (χ2n) is 5.41. The molecule has 19 heavy (non-hydrogen) atoms. The van der Waals surface area contributed by atoms with Crippen molar-refractivity contribution in [2.75, 3.05) is 5.75 Å². The number of aromatic nitrogens is 1. The average Bonchev–Trinajstić information content (AvgIpc) is 2.58. The molecule has 0 aliphatic heterocycles. The highest BCUT2D eigenvalue weighted by molar-refractivity contribution is 7.89. The van der Waals surface area contributed by atoms with E-state index in [2.05, 4.69) is 16.6 Å². The number of nitrogens with one attached hydrogen (secondary N) is 1. The van der Waals surface area contributed by atoms with E-state index in [-0.39, 0.29) is 5.75 Å². The summed E-state index contributed by atoms with van der Waals surface area (Å²) in [6.07, 6.45) is 2.67. The molecule has 0 bridgehead atoms. The molecule has 110 valence electrons. The standard InChI is InChI=1S/C13H24N2O2S2/c1-6-7-8-9-19(16,17)15-13(4,5)12-14-10(2)11(3)18-12/h15H,6-9H2,1-5H3. The Hall–Kier alpha value is -0.460. The Morgan fingerprint density at radius 2 is 1.89 bits per heavy atom. The van der Waals surface area contributed by atoms with Crippen molar-refractivity contribution in [2.45, 2.75) is 59.4 Å². The lowest BCUT2D eigenvalue weighted by atomic mass is 10.1. The van der Waals surface area contributed by atoms with Crippen LogP contribution < -0.4 is 4.72 Å². The smallest absolute Gasteiger partial charge is 0.212 e. The van der Waals surface area contributed by atoms with E-state index in [0.29, 0.717) is 6.42 Å². The van der Waals surface area contributed by atoms with Gasteiger partial charge in [0.2, 0.25) is 10.0 Å². The average molecular weight is 304 g/mol. The van der Waals surface area contributed by atoms with Crippen molar-refractivity contribution in [3.63, 3.8) is 0 Å². The molecule has 0 saturated heterocycles. The molecule has 0 fully saturated rings. The molecule has 0 aromatic carbocycles. The van der Waals surface area contributed by atoms with Gasteiger partial charge >= 0.3 is 0 Å². The number of hydrogen-bond donors (Lipinski definition) is 1. The summed E-state index contributed by atoms with van der Waals surface area (Å²) < 4.78 is 26.9. The van der Waals surface area contributed by atoms with Gasteiger partial charge in [0.05, 0.1) is 17.0 Å². The molecule has 1 heterocycles. The first-order chi connectivity index (χ1) is 8.68. The lowest BCUT2D eigenvalue weighted by Gasteiger charge is -2.23. The van der Waals surface area contributed by atoms with Crippen LogP contribution in [0.1, 0.15) is 55.6 Å². The minimum atomic E-state index is -3.25. The van der Waals surface area contributed by atoms with E-state index in [1.807, 2.05) is 27.7 Å². The molecule has 6 heteroatoms. The Kier molecular flexibility index (Phi) is 5.53. The van der Waals surface area contributed by atoms with Crippen molar-refractivity contribution in [3.8, 4) is 0 Å². The van der Waals surface area contributed by atoms with Crippen molar-refractivity contribution < 1.29 is 8.42 Å². The highest BCUT2D eigenvalue weighted by Gasteiger charge is 2.29. The molecule has 0 spiro atoms. The summed E-state index contributed by atoms with van der Waals surface area (Å²) in [5.74, 6) is 0.188. The van der Waals surface area contributed by atoms with Crippen LogP contribution >= 0.6 is 11.3 Å². The van der Waals surface area contributed by atoms with Crippen LogP contribution in [0.5, 0.6) is 0 Å². The minimum Gasteiger partial charge on any atom is -0.244 e. The monoisotopic (exact) mass is 304 g/mol. The van der Waals surface area contributed by atoms with E-state index in [9.17, 15) is 8.42 Å². The van der Waals surface area contributed by atoms with Crippen molar-refractivity contribution in [3.05, 3.63) is 15.6 Å². The van der Waals surface area contributed by atoms with Gasteiger partial charge in [-0.3, -0.25) is 0 Å². The Bertz CT molecular complexity index is 499. The summed E-state index contributed by atoms with van der Waals surface area (Å²) in [6, 6.07) is 0. The molecule has 1 rings (SSSR count). The van der Waals surface area contributed by atoms with Crippen LogP contribution in [0.2, 0.25) is 0 Å². The van der Waals surface area contributed by atoms with Gasteiger partial charge in [0, 0.05) is 4.88 Å². The van der Waals surface area contributed by atoms with Crippen LogP contribution in [0.15, 0.2) is 0 Å². The zero-order valence-corrected chi connectivity index (χ0v) is 14.0. The summed E-state index contributed by atoms with van der Waals surface area (Å²) in [5.41, 5.74) is 0.326. The van der Waals surface area contributed by atoms with E-state index in [1.54, 1.807) is 11.3 Å². The fourth-order valence-electron chi connectivity index (χ4n) is 1.77. The van der Waals surface area contributed by atoms with Crippen molar-refractivity contribution in [1.29, 1.82) is 0 Å². The van der Waals surface area contributed by atoms with E-state index < -0.39 is 15.6 Å². The van der Waals surface area contributed by atoms with E-state index in [4.69, 9.17) is 0 Å². The third-order valence-corrected chi connectivity index (χ3v) is 6.03. The molecular weight excluding hydrogens is 280 g/mol. The van der Waals surface area contributed by atoms with Gasteiger partial charge < -0.3 is 0 Å². The van der Waals surface area contributed by atoms with Gasteiger partial charge in [-0.15, -0.1) is 11.3 Å².